The summed E-state index contributed by atoms with van der Waals surface area (Å²) in [5.41, 5.74) is 6.28. The van der Waals surface area contributed by atoms with Crippen molar-refractivity contribution >= 4 is 84.8 Å². The molecule has 0 aliphatic carbocycles. The standard InChI is InChI=1S/C45H26N4S2/c1-2-11-27(12-3-1)43-46-44(48-45(47-43)29-21-22-34-32-16-5-8-19-39(32)50-41(34)24-29)28-13-10-14-30(23-28)49-37-18-7-4-15-31(37)35-25-36-33-17-6-9-20-40(33)51-42(36)26-38(35)49/h1-26H. The van der Waals surface area contributed by atoms with Gasteiger partial charge in [-0.05, 0) is 48.5 Å². The Balaban J connectivity index is 1.11. The van der Waals surface area contributed by atoms with Crippen LogP contribution in [0.15, 0.2) is 158 Å². The number of para-hydroxylation sites is 1. The van der Waals surface area contributed by atoms with Gasteiger partial charge in [0.1, 0.15) is 0 Å². The molecule has 0 radical (unpaired) electrons. The summed E-state index contributed by atoms with van der Waals surface area (Å²) < 4.78 is 7.48. The van der Waals surface area contributed by atoms with E-state index >= 15 is 0 Å². The molecule has 6 heteroatoms. The summed E-state index contributed by atoms with van der Waals surface area (Å²) in [5, 5.41) is 7.63. The van der Waals surface area contributed by atoms with Crippen LogP contribution in [0.2, 0.25) is 0 Å². The van der Waals surface area contributed by atoms with E-state index in [0.29, 0.717) is 17.5 Å². The molecule has 51 heavy (non-hydrogen) atoms. The van der Waals surface area contributed by atoms with Gasteiger partial charge in [0, 0.05) is 73.5 Å². The van der Waals surface area contributed by atoms with Crippen LogP contribution in [0.3, 0.4) is 0 Å². The maximum Gasteiger partial charge on any atom is 0.164 e. The van der Waals surface area contributed by atoms with Crippen LogP contribution >= 0.6 is 22.7 Å². The molecule has 11 rings (SSSR count). The number of rotatable bonds is 4. The zero-order valence-electron chi connectivity index (χ0n) is 27.1. The predicted octanol–water partition coefficient (Wildman–Crippen LogP) is 12.7. The number of benzene rings is 7. The Morgan fingerprint density at radius 3 is 1.67 bits per heavy atom. The van der Waals surface area contributed by atoms with E-state index in [9.17, 15) is 0 Å². The van der Waals surface area contributed by atoms with Gasteiger partial charge in [-0.3, -0.25) is 0 Å². The van der Waals surface area contributed by atoms with Crippen molar-refractivity contribution in [1.82, 2.24) is 19.5 Å². The first-order valence-electron chi connectivity index (χ1n) is 16.9. The molecular formula is C45H26N4S2. The molecular weight excluding hydrogens is 661 g/mol. The third kappa shape index (κ3) is 4.54. The number of thiophene rings is 2. The predicted molar refractivity (Wildman–Crippen MR) is 216 cm³/mol. The van der Waals surface area contributed by atoms with Crippen LogP contribution in [-0.2, 0) is 0 Å². The second-order valence-corrected chi connectivity index (χ2v) is 15.0. The highest BCUT2D eigenvalue weighted by molar-refractivity contribution is 7.26. The third-order valence-electron chi connectivity index (χ3n) is 9.84. The summed E-state index contributed by atoms with van der Waals surface area (Å²) in [4.78, 5) is 15.3. The van der Waals surface area contributed by atoms with Gasteiger partial charge >= 0.3 is 0 Å². The van der Waals surface area contributed by atoms with Gasteiger partial charge in [0.25, 0.3) is 0 Å². The average Bonchev–Trinajstić information content (AvgIpc) is 3.86. The number of nitrogens with zero attached hydrogens (tertiary/aromatic N) is 4. The topological polar surface area (TPSA) is 43.6 Å². The zero-order chi connectivity index (χ0) is 33.5. The van der Waals surface area contributed by atoms with Crippen molar-refractivity contribution in [2.24, 2.45) is 0 Å². The van der Waals surface area contributed by atoms with Crippen LogP contribution in [0, 0.1) is 0 Å². The lowest BCUT2D eigenvalue weighted by molar-refractivity contribution is 1.07. The molecule has 7 aromatic carbocycles. The van der Waals surface area contributed by atoms with Crippen LogP contribution < -0.4 is 0 Å². The van der Waals surface area contributed by atoms with E-state index in [2.05, 4.69) is 144 Å². The highest BCUT2D eigenvalue weighted by Gasteiger charge is 2.18. The molecule has 0 atom stereocenters. The third-order valence-corrected chi connectivity index (χ3v) is 12.1. The number of hydrogen-bond donors (Lipinski definition) is 0. The second kappa shape index (κ2) is 11.2. The van der Waals surface area contributed by atoms with Crippen molar-refractivity contribution in [3.8, 4) is 39.9 Å². The number of aromatic nitrogens is 4. The fourth-order valence-corrected chi connectivity index (χ4v) is 9.73. The second-order valence-electron chi connectivity index (χ2n) is 12.8. The van der Waals surface area contributed by atoms with E-state index in [1.54, 1.807) is 11.3 Å². The van der Waals surface area contributed by atoms with Crippen molar-refractivity contribution in [3.05, 3.63) is 158 Å². The lowest BCUT2D eigenvalue weighted by atomic mass is 10.1. The molecule has 0 unspecified atom stereocenters. The maximum atomic E-state index is 5.15. The molecule has 0 amide bonds. The van der Waals surface area contributed by atoms with E-state index in [0.717, 1.165) is 22.4 Å². The van der Waals surface area contributed by atoms with E-state index < -0.39 is 0 Å². The first-order chi connectivity index (χ1) is 25.2. The van der Waals surface area contributed by atoms with E-state index in [4.69, 9.17) is 15.0 Å². The summed E-state index contributed by atoms with van der Waals surface area (Å²) in [6.45, 7) is 0. The smallest absolute Gasteiger partial charge is 0.164 e. The fourth-order valence-electron chi connectivity index (χ4n) is 7.47. The Morgan fingerprint density at radius 1 is 0.333 bits per heavy atom. The molecule has 11 aromatic rings. The van der Waals surface area contributed by atoms with Gasteiger partial charge < -0.3 is 4.57 Å². The Labute approximate surface area is 300 Å². The van der Waals surface area contributed by atoms with Crippen LogP contribution in [0.5, 0.6) is 0 Å². The molecule has 4 heterocycles. The van der Waals surface area contributed by atoms with Crippen LogP contribution in [0.1, 0.15) is 0 Å². The van der Waals surface area contributed by atoms with E-state index in [1.807, 2.05) is 29.5 Å². The van der Waals surface area contributed by atoms with Gasteiger partial charge in [0.2, 0.25) is 0 Å². The Kier molecular flexibility index (Phi) is 6.26. The normalized spacial score (nSPS) is 11.9. The first-order valence-corrected chi connectivity index (χ1v) is 18.6. The van der Waals surface area contributed by atoms with E-state index in [-0.39, 0.29) is 0 Å². The molecule has 0 N–H and O–H groups in total. The van der Waals surface area contributed by atoms with Crippen molar-refractivity contribution < 1.29 is 0 Å². The summed E-state index contributed by atoms with van der Waals surface area (Å²) in [5.74, 6) is 1.96. The van der Waals surface area contributed by atoms with Gasteiger partial charge in [-0.1, -0.05) is 109 Å². The van der Waals surface area contributed by atoms with Crippen molar-refractivity contribution in [3.63, 3.8) is 0 Å². The summed E-state index contributed by atoms with van der Waals surface area (Å²) >= 11 is 3.65. The van der Waals surface area contributed by atoms with Gasteiger partial charge in [-0.15, -0.1) is 22.7 Å². The Morgan fingerprint density at radius 2 is 0.902 bits per heavy atom. The maximum absolute atomic E-state index is 5.15. The summed E-state index contributed by atoms with van der Waals surface area (Å²) in [7, 11) is 0. The minimum Gasteiger partial charge on any atom is -0.309 e. The fraction of sp³-hybridized carbons (Fsp3) is 0. The molecule has 0 aliphatic rings. The average molecular weight is 687 g/mol. The van der Waals surface area contributed by atoms with Gasteiger partial charge in [0.15, 0.2) is 17.5 Å². The summed E-state index contributed by atoms with van der Waals surface area (Å²) in [6.07, 6.45) is 0. The van der Waals surface area contributed by atoms with Crippen molar-refractivity contribution in [1.29, 1.82) is 0 Å². The lowest BCUT2D eigenvalue weighted by Crippen LogP contribution is -2.01. The SMILES string of the molecule is c1ccc(-c2nc(-c3cccc(-n4c5ccccc5c5cc6c(cc54)sc4ccccc46)c3)nc(-c3ccc4c(c3)sc3ccccc34)n2)cc1. The largest absolute Gasteiger partial charge is 0.309 e. The van der Waals surface area contributed by atoms with Crippen molar-refractivity contribution in [2.45, 2.75) is 0 Å². The first kappa shape index (κ1) is 28.6. The van der Waals surface area contributed by atoms with Crippen LogP contribution in [0.25, 0.3) is 102 Å². The van der Waals surface area contributed by atoms with E-state index in [1.165, 1.54) is 62.2 Å². The molecule has 0 aliphatic heterocycles. The molecule has 4 nitrogen and oxygen atoms in total. The number of hydrogen-bond acceptors (Lipinski definition) is 5. The Bertz CT molecular complexity index is 3150. The molecule has 0 saturated heterocycles. The monoisotopic (exact) mass is 686 g/mol. The molecule has 0 bridgehead atoms. The quantitative estimate of drug-likeness (QED) is 0.185. The van der Waals surface area contributed by atoms with Crippen LogP contribution in [-0.4, -0.2) is 19.5 Å². The molecule has 0 spiro atoms. The molecule has 238 valence electrons. The minimum absolute atomic E-state index is 0.643. The lowest BCUT2D eigenvalue weighted by Gasteiger charge is -2.11. The van der Waals surface area contributed by atoms with Gasteiger partial charge in [0.05, 0.1) is 11.0 Å². The highest BCUT2D eigenvalue weighted by Crippen LogP contribution is 2.41. The molecule has 4 aromatic heterocycles. The zero-order valence-corrected chi connectivity index (χ0v) is 28.7. The molecule has 0 fully saturated rings. The highest BCUT2D eigenvalue weighted by atomic mass is 32.1. The summed E-state index contributed by atoms with van der Waals surface area (Å²) in [6, 6.07) is 56.1. The Hall–Kier alpha value is -6.21. The van der Waals surface area contributed by atoms with Gasteiger partial charge in [-0.25, -0.2) is 15.0 Å². The van der Waals surface area contributed by atoms with Crippen molar-refractivity contribution in [2.75, 3.05) is 0 Å². The minimum atomic E-state index is 0.643. The van der Waals surface area contributed by atoms with Crippen LogP contribution in [0.4, 0.5) is 0 Å². The van der Waals surface area contributed by atoms with Gasteiger partial charge in [-0.2, -0.15) is 0 Å². The number of fused-ring (bicyclic) bond motifs is 9. The molecule has 0 saturated carbocycles.